The molecule has 0 radical (unpaired) electrons. The molecule has 1 rings (SSSR count). The van der Waals surface area contributed by atoms with Gasteiger partial charge in [0.15, 0.2) is 0 Å². The van der Waals surface area contributed by atoms with Gasteiger partial charge in [-0.3, -0.25) is 0 Å². The molecule has 1 atom stereocenters. The summed E-state index contributed by atoms with van der Waals surface area (Å²) in [5, 5.41) is 3.31. The van der Waals surface area contributed by atoms with Crippen molar-refractivity contribution in [2.24, 2.45) is 5.41 Å². The number of halogens is 1. The van der Waals surface area contributed by atoms with Crippen molar-refractivity contribution in [2.45, 2.75) is 60.2 Å². The van der Waals surface area contributed by atoms with Gasteiger partial charge < -0.3 is 10.2 Å². The summed E-state index contributed by atoms with van der Waals surface area (Å²) in [5.41, 5.74) is 1.87. The van der Waals surface area contributed by atoms with Crippen molar-refractivity contribution in [3.63, 3.8) is 0 Å². The number of hydrogen-bond acceptors (Lipinski definition) is 2. The van der Waals surface area contributed by atoms with Crippen molar-refractivity contribution in [1.29, 1.82) is 0 Å². The van der Waals surface area contributed by atoms with E-state index in [-0.39, 0.29) is 11.2 Å². The molecule has 0 amide bonds. The first kappa shape index (κ1) is 17.0. The smallest absolute Gasteiger partial charge is 0.129 e. The molecular weight excluding hydrogens is 251 g/mol. The van der Waals surface area contributed by atoms with Crippen LogP contribution in [0, 0.1) is 11.2 Å². The van der Waals surface area contributed by atoms with E-state index in [2.05, 4.69) is 51.8 Å². The molecular formula is C17H29FN2. The van der Waals surface area contributed by atoms with Crippen LogP contribution >= 0.6 is 0 Å². The molecule has 0 bridgehead atoms. The van der Waals surface area contributed by atoms with Gasteiger partial charge in [-0.25, -0.2) is 4.39 Å². The van der Waals surface area contributed by atoms with Crippen LogP contribution in [0.15, 0.2) is 18.2 Å². The van der Waals surface area contributed by atoms with Crippen molar-refractivity contribution < 1.29 is 4.39 Å². The van der Waals surface area contributed by atoms with Crippen molar-refractivity contribution in [1.82, 2.24) is 5.32 Å². The van der Waals surface area contributed by atoms with Gasteiger partial charge in [-0.05, 0) is 24.5 Å². The minimum absolute atomic E-state index is 0.136. The Morgan fingerprint density at radius 3 is 2.30 bits per heavy atom. The van der Waals surface area contributed by atoms with Crippen molar-refractivity contribution in [3.8, 4) is 0 Å². The Morgan fingerprint density at radius 2 is 1.80 bits per heavy atom. The topological polar surface area (TPSA) is 15.3 Å². The Bertz CT molecular complexity index is 435. The highest BCUT2D eigenvalue weighted by molar-refractivity contribution is 5.54. The zero-order chi connectivity index (χ0) is 15.5. The third-order valence-electron chi connectivity index (χ3n) is 4.00. The summed E-state index contributed by atoms with van der Waals surface area (Å²) in [6.45, 7) is 13.5. The largest absolute Gasteiger partial charge is 0.371 e. The molecule has 1 aromatic rings. The van der Waals surface area contributed by atoms with Gasteiger partial charge in [0.25, 0.3) is 0 Å². The van der Waals surface area contributed by atoms with E-state index >= 15 is 0 Å². The number of hydrogen-bond donors (Lipinski definition) is 1. The number of nitrogens with one attached hydrogen (secondary N) is 1. The molecule has 0 aliphatic heterocycles. The third kappa shape index (κ3) is 4.20. The van der Waals surface area contributed by atoms with Gasteiger partial charge in [0.05, 0.1) is 0 Å². The predicted octanol–water partition coefficient (Wildman–Crippen LogP) is 4.19. The highest BCUT2D eigenvalue weighted by atomic mass is 19.1. The first-order chi connectivity index (χ1) is 9.14. The fourth-order valence-corrected chi connectivity index (χ4v) is 2.15. The molecule has 2 nitrogen and oxygen atoms in total. The van der Waals surface area contributed by atoms with E-state index in [1.54, 1.807) is 6.07 Å². The van der Waals surface area contributed by atoms with Gasteiger partial charge in [0.2, 0.25) is 0 Å². The molecule has 0 saturated heterocycles. The summed E-state index contributed by atoms with van der Waals surface area (Å²) in [4.78, 5) is 2.18. The fourth-order valence-electron chi connectivity index (χ4n) is 2.15. The summed E-state index contributed by atoms with van der Waals surface area (Å²) < 4.78 is 14.2. The second kappa shape index (κ2) is 6.57. The molecule has 0 aliphatic rings. The molecule has 0 heterocycles. The average molecular weight is 280 g/mol. The first-order valence-electron chi connectivity index (χ1n) is 7.38. The SMILES string of the molecule is CC(C)NCc1c(F)cccc1N(C)C(C)C(C)(C)C. The quantitative estimate of drug-likeness (QED) is 0.870. The Labute approximate surface area is 123 Å². The minimum atomic E-state index is -0.136. The molecule has 0 aliphatic carbocycles. The standard InChI is InChI=1S/C17H29FN2/c1-12(2)19-11-14-15(18)9-8-10-16(14)20(7)13(3)17(4,5)6/h8-10,12-13,19H,11H2,1-7H3. The first-order valence-corrected chi connectivity index (χ1v) is 7.38. The summed E-state index contributed by atoms with van der Waals surface area (Å²) in [6, 6.07) is 5.99. The summed E-state index contributed by atoms with van der Waals surface area (Å²) in [7, 11) is 2.05. The van der Waals surface area contributed by atoms with Gasteiger partial charge >= 0.3 is 0 Å². The highest BCUT2D eigenvalue weighted by Gasteiger charge is 2.26. The zero-order valence-corrected chi connectivity index (χ0v) is 13.9. The number of benzene rings is 1. The van der Waals surface area contributed by atoms with Gasteiger partial charge in [-0.2, -0.15) is 0 Å². The molecule has 114 valence electrons. The van der Waals surface area contributed by atoms with Gasteiger partial charge in [-0.15, -0.1) is 0 Å². The fraction of sp³-hybridized carbons (Fsp3) is 0.647. The molecule has 20 heavy (non-hydrogen) atoms. The van der Waals surface area contributed by atoms with Crippen LogP contribution in [0.3, 0.4) is 0 Å². The van der Waals surface area contributed by atoms with E-state index in [1.165, 1.54) is 6.07 Å². The van der Waals surface area contributed by atoms with E-state index in [0.29, 0.717) is 18.6 Å². The van der Waals surface area contributed by atoms with Crippen LogP contribution in [-0.4, -0.2) is 19.1 Å². The Kier molecular flexibility index (Phi) is 5.58. The van der Waals surface area contributed by atoms with E-state index < -0.39 is 0 Å². The molecule has 3 heteroatoms. The molecule has 0 fully saturated rings. The van der Waals surface area contributed by atoms with Crippen LogP contribution in [0.2, 0.25) is 0 Å². The van der Waals surface area contributed by atoms with Crippen LogP contribution in [0.25, 0.3) is 0 Å². The summed E-state index contributed by atoms with van der Waals surface area (Å²) in [5.74, 6) is -0.136. The van der Waals surface area contributed by atoms with E-state index in [0.717, 1.165) is 11.3 Å². The summed E-state index contributed by atoms with van der Waals surface area (Å²) in [6.07, 6.45) is 0. The third-order valence-corrected chi connectivity index (χ3v) is 4.00. The predicted molar refractivity (Wildman–Crippen MR) is 85.7 cm³/mol. The van der Waals surface area contributed by atoms with Crippen LogP contribution in [0.5, 0.6) is 0 Å². The van der Waals surface area contributed by atoms with E-state index in [4.69, 9.17) is 0 Å². The molecule has 0 aromatic heterocycles. The molecule has 0 spiro atoms. The zero-order valence-electron chi connectivity index (χ0n) is 13.9. The summed E-state index contributed by atoms with van der Waals surface area (Å²) >= 11 is 0. The molecule has 1 N–H and O–H groups in total. The Balaban J connectivity index is 3.08. The van der Waals surface area contributed by atoms with E-state index in [9.17, 15) is 4.39 Å². The van der Waals surface area contributed by atoms with Gasteiger partial charge in [0.1, 0.15) is 5.82 Å². The van der Waals surface area contributed by atoms with Crippen LogP contribution in [-0.2, 0) is 6.54 Å². The van der Waals surface area contributed by atoms with Crippen molar-refractivity contribution >= 4 is 5.69 Å². The Morgan fingerprint density at radius 1 is 1.20 bits per heavy atom. The van der Waals surface area contributed by atoms with Gasteiger partial charge in [-0.1, -0.05) is 40.7 Å². The van der Waals surface area contributed by atoms with Crippen LogP contribution < -0.4 is 10.2 Å². The number of nitrogens with zero attached hydrogens (tertiary/aromatic N) is 1. The van der Waals surface area contributed by atoms with Crippen molar-refractivity contribution in [2.75, 3.05) is 11.9 Å². The minimum Gasteiger partial charge on any atom is -0.371 e. The van der Waals surface area contributed by atoms with Gasteiger partial charge in [0, 0.05) is 36.9 Å². The number of anilines is 1. The maximum Gasteiger partial charge on any atom is 0.129 e. The van der Waals surface area contributed by atoms with Crippen LogP contribution in [0.1, 0.15) is 47.1 Å². The van der Waals surface area contributed by atoms with Crippen molar-refractivity contribution in [3.05, 3.63) is 29.6 Å². The second-order valence-electron chi connectivity index (χ2n) is 6.93. The lowest BCUT2D eigenvalue weighted by Gasteiger charge is -2.38. The lowest BCUT2D eigenvalue weighted by atomic mass is 9.86. The number of rotatable bonds is 5. The maximum atomic E-state index is 14.2. The lowest BCUT2D eigenvalue weighted by Crippen LogP contribution is -2.40. The highest BCUT2D eigenvalue weighted by Crippen LogP contribution is 2.30. The van der Waals surface area contributed by atoms with E-state index in [1.807, 2.05) is 13.1 Å². The molecule has 1 aromatic carbocycles. The second-order valence-corrected chi connectivity index (χ2v) is 6.93. The Hall–Kier alpha value is -1.09. The normalized spacial score (nSPS) is 13.7. The lowest BCUT2D eigenvalue weighted by molar-refractivity contribution is 0.329. The molecule has 1 unspecified atom stereocenters. The molecule has 0 saturated carbocycles. The van der Waals surface area contributed by atoms with Crippen LogP contribution in [0.4, 0.5) is 10.1 Å². The monoisotopic (exact) mass is 280 g/mol. The average Bonchev–Trinajstić information content (AvgIpc) is 2.34. The maximum absolute atomic E-state index is 14.2.